The minimum atomic E-state index is 1.31. The molecule has 0 heterocycles. The van der Waals surface area contributed by atoms with Crippen LogP contribution in [0.4, 0.5) is 0 Å². The molecule has 0 bridgehead atoms. The van der Waals surface area contributed by atoms with Gasteiger partial charge < -0.3 is 0 Å². The third-order valence-corrected chi connectivity index (χ3v) is 2.60. The van der Waals surface area contributed by atoms with Crippen LogP contribution in [0.25, 0.3) is 0 Å². The van der Waals surface area contributed by atoms with Crippen molar-refractivity contribution in [1.82, 2.24) is 0 Å². The molecule has 0 radical (unpaired) electrons. The van der Waals surface area contributed by atoms with Gasteiger partial charge in [0, 0.05) is 0 Å². The third-order valence-electron chi connectivity index (χ3n) is 1.13. The molecule has 0 fully saturated rings. The molecule has 46 valence electrons. The molecule has 0 aliphatic carbocycles. The van der Waals surface area contributed by atoms with Crippen molar-refractivity contribution in [2.75, 3.05) is 0 Å². The molecule has 0 amide bonds. The summed E-state index contributed by atoms with van der Waals surface area (Å²) in [7, 11) is 1.72. The van der Waals surface area contributed by atoms with E-state index in [0.29, 0.717) is 0 Å². The second-order valence-electron chi connectivity index (χ2n) is 1.90. The maximum atomic E-state index is 2.49. The number of hydrogen-bond donors (Lipinski definition) is 0. The van der Waals surface area contributed by atoms with Gasteiger partial charge in [-0.1, -0.05) is 0 Å². The van der Waals surface area contributed by atoms with Crippen LogP contribution in [0.5, 0.6) is 0 Å². The van der Waals surface area contributed by atoms with Crippen LogP contribution in [-0.2, 0) is 16.2 Å². The second-order valence-corrected chi connectivity index (χ2v) is 3.41. The first-order valence-corrected chi connectivity index (χ1v) is 5.19. The standard InChI is InChI=1S/C7H8S.V/c1-6-2-4-7(8)5-3-6;/h2-5,8H,1H3;/q;+1/p-1. The molecule has 2 heteroatoms. The van der Waals surface area contributed by atoms with Crippen LogP contribution in [0.2, 0.25) is 0 Å². The summed E-state index contributed by atoms with van der Waals surface area (Å²) in [5.74, 6) is 0. The molecule has 9 heavy (non-hydrogen) atoms. The molecule has 0 atom stereocenters. The average molecular weight is 174 g/mol. The van der Waals surface area contributed by atoms with E-state index in [9.17, 15) is 0 Å². The van der Waals surface area contributed by atoms with E-state index in [1.807, 2.05) is 0 Å². The van der Waals surface area contributed by atoms with Gasteiger partial charge in [0.2, 0.25) is 0 Å². The Labute approximate surface area is 67.9 Å². The molecule has 0 nitrogen and oxygen atoms in total. The molecule has 1 aromatic carbocycles. The fraction of sp³-hybridized carbons (Fsp3) is 0.143. The second kappa shape index (κ2) is 3.35. The third kappa shape index (κ3) is 2.09. The van der Waals surface area contributed by atoms with Crippen LogP contribution < -0.4 is 0 Å². The summed E-state index contributed by atoms with van der Waals surface area (Å²) in [5.41, 5.74) is 1.32. The molecule has 0 aliphatic heterocycles. The Morgan fingerprint density at radius 3 is 2.22 bits per heavy atom. The van der Waals surface area contributed by atoms with Crippen LogP contribution in [0, 0.1) is 6.92 Å². The van der Waals surface area contributed by atoms with E-state index in [4.69, 9.17) is 0 Å². The normalized spacial score (nSPS) is 9.44. The Bertz CT molecular complexity index is 181. The number of rotatable bonds is 1. The Hall–Kier alpha value is 0.154. The van der Waals surface area contributed by atoms with Gasteiger partial charge in [0.05, 0.1) is 0 Å². The van der Waals surface area contributed by atoms with Gasteiger partial charge in [0.25, 0.3) is 0 Å². The first-order chi connectivity index (χ1) is 4.33. The first-order valence-electron chi connectivity index (χ1n) is 2.71. The van der Waals surface area contributed by atoms with Crippen LogP contribution in [-0.4, -0.2) is 0 Å². The van der Waals surface area contributed by atoms with E-state index in [1.165, 1.54) is 10.5 Å². The van der Waals surface area contributed by atoms with Crippen molar-refractivity contribution in [3.05, 3.63) is 29.8 Å². The van der Waals surface area contributed by atoms with Gasteiger partial charge in [-0.3, -0.25) is 0 Å². The molecule has 1 rings (SSSR count). The van der Waals surface area contributed by atoms with Crippen molar-refractivity contribution in [3.8, 4) is 0 Å². The van der Waals surface area contributed by atoms with Crippen LogP contribution in [0.3, 0.4) is 0 Å². The molecule has 0 aromatic heterocycles. The fourth-order valence-corrected chi connectivity index (χ4v) is 1.43. The van der Waals surface area contributed by atoms with Crippen molar-refractivity contribution in [2.45, 2.75) is 11.8 Å². The Morgan fingerprint density at radius 2 is 1.78 bits per heavy atom. The average Bonchev–Trinajstić information content (AvgIpc) is 1.90. The summed E-state index contributed by atoms with van der Waals surface area (Å²) in [6, 6.07) is 8.49. The predicted molar refractivity (Wildman–Crippen MR) is 37.0 cm³/mol. The summed E-state index contributed by atoms with van der Waals surface area (Å²) in [5, 5.41) is 0. The first kappa shape index (κ1) is 7.26. The summed E-state index contributed by atoms with van der Waals surface area (Å²) in [6.07, 6.45) is 0. The zero-order chi connectivity index (χ0) is 6.69. The van der Waals surface area contributed by atoms with Gasteiger partial charge in [0.15, 0.2) is 0 Å². The number of aryl methyl sites for hydroxylation is 1. The van der Waals surface area contributed by atoms with Crippen molar-refractivity contribution in [2.24, 2.45) is 0 Å². The molecule has 0 saturated carbocycles. The van der Waals surface area contributed by atoms with Crippen molar-refractivity contribution < 1.29 is 16.2 Å². The van der Waals surface area contributed by atoms with Crippen LogP contribution >= 0.6 is 9.92 Å². The van der Waals surface area contributed by atoms with Gasteiger partial charge in [-0.15, -0.1) is 0 Å². The maximum absolute atomic E-state index is 2.49. The molecule has 0 N–H and O–H groups in total. The molecular formula is C7H7SV. The van der Waals surface area contributed by atoms with Crippen molar-refractivity contribution in [3.63, 3.8) is 0 Å². The Morgan fingerprint density at radius 1 is 1.22 bits per heavy atom. The summed E-state index contributed by atoms with van der Waals surface area (Å²) in [4.78, 5) is 1.31. The predicted octanol–water partition coefficient (Wildman–Crippen LogP) is 2.55. The van der Waals surface area contributed by atoms with E-state index in [0.717, 1.165) is 0 Å². The summed E-state index contributed by atoms with van der Waals surface area (Å²) < 4.78 is 0. The minimum absolute atomic E-state index is 1.31. The molecule has 0 aliphatic rings. The topological polar surface area (TPSA) is 0 Å². The Balaban J connectivity index is 2.88. The Kier molecular flexibility index (Phi) is 2.71. The van der Waals surface area contributed by atoms with Gasteiger partial charge in [-0.05, 0) is 0 Å². The molecule has 0 unspecified atom stereocenters. The summed E-state index contributed by atoms with van der Waals surface area (Å²) >= 11 is 2.49. The van der Waals surface area contributed by atoms with E-state index in [1.54, 1.807) is 9.92 Å². The van der Waals surface area contributed by atoms with Gasteiger partial charge in [-0.2, -0.15) is 0 Å². The van der Waals surface area contributed by atoms with E-state index in [2.05, 4.69) is 47.4 Å². The molecule has 0 saturated heterocycles. The fourth-order valence-electron chi connectivity index (χ4n) is 0.599. The van der Waals surface area contributed by atoms with Crippen LogP contribution in [0.15, 0.2) is 29.2 Å². The van der Waals surface area contributed by atoms with E-state index in [-0.39, 0.29) is 0 Å². The summed E-state index contributed by atoms with van der Waals surface area (Å²) in [6.45, 7) is 2.10. The van der Waals surface area contributed by atoms with Crippen molar-refractivity contribution in [1.29, 1.82) is 0 Å². The SMILES string of the molecule is Cc1ccc([S][V])cc1. The number of benzene rings is 1. The van der Waals surface area contributed by atoms with Gasteiger partial charge in [-0.25, -0.2) is 0 Å². The van der Waals surface area contributed by atoms with Crippen molar-refractivity contribution >= 4 is 9.92 Å². The molecule has 1 aromatic rings. The molecular weight excluding hydrogens is 167 g/mol. The van der Waals surface area contributed by atoms with E-state index >= 15 is 0 Å². The zero-order valence-corrected chi connectivity index (χ0v) is 7.38. The van der Waals surface area contributed by atoms with Gasteiger partial charge >= 0.3 is 67.8 Å². The molecule has 0 spiro atoms. The quantitative estimate of drug-likeness (QED) is 0.630. The number of hydrogen-bond acceptors (Lipinski definition) is 1. The van der Waals surface area contributed by atoms with Gasteiger partial charge in [0.1, 0.15) is 0 Å². The van der Waals surface area contributed by atoms with E-state index < -0.39 is 0 Å². The van der Waals surface area contributed by atoms with Crippen LogP contribution in [0.1, 0.15) is 5.56 Å². The zero-order valence-electron chi connectivity index (χ0n) is 5.16. The monoisotopic (exact) mass is 174 g/mol.